The van der Waals surface area contributed by atoms with Gasteiger partial charge in [-0.1, -0.05) is 6.07 Å². The molecule has 0 aliphatic carbocycles. The number of hydrogen-bond acceptors (Lipinski definition) is 4. The second-order valence-corrected chi connectivity index (χ2v) is 6.82. The van der Waals surface area contributed by atoms with Crippen LogP contribution in [0.15, 0.2) is 35.7 Å². The summed E-state index contributed by atoms with van der Waals surface area (Å²) in [6.45, 7) is 5.94. The van der Waals surface area contributed by atoms with Crippen LogP contribution in [0.4, 0.5) is 0 Å². The molecule has 2 heterocycles. The van der Waals surface area contributed by atoms with Crippen molar-refractivity contribution in [3.8, 4) is 11.5 Å². The number of amides is 1. The van der Waals surface area contributed by atoms with Crippen LogP contribution in [0, 0.1) is 0 Å². The maximum Gasteiger partial charge on any atom is 0.267 e. The summed E-state index contributed by atoms with van der Waals surface area (Å²) in [4.78, 5) is 12.6. The quantitative estimate of drug-likeness (QED) is 0.648. The van der Waals surface area contributed by atoms with Gasteiger partial charge in [0, 0.05) is 13.1 Å². The number of methoxy groups -OCH3 is 1. The van der Waals surface area contributed by atoms with E-state index in [0.717, 1.165) is 45.9 Å². The summed E-state index contributed by atoms with van der Waals surface area (Å²) in [5.41, 5.74) is 2.94. The van der Waals surface area contributed by atoms with Crippen molar-refractivity contribution >= 4 is 27.5 Å². The molecule has 0 fully saturated rings. The van der Waals surface area contributed by atoms with Crippen LogP contribution in [0.3, 0.4) is 0 Å². The standard InChI is InChI=1S/C20H24N2O3S/c1-4-22-15-9-11-26-19(15)13-16(22)20(23)21-10-8-14-6-7-17(25-5-2)18(12-14)24-3/h6-7,9,11-13H,4-5,8,10H2,1-3H3,(H,21,23). The Bertz CT molecular complexity index is 898. The molecule has 0 aliphatic rings. The number of carbonyl (C=O) groups is 1. The maximum atomic E-state index is 12.6. The Kier molecular flexibility index (Phi) is 5.83. The lowest BCUT2D eigenvalue weighted by atomic mass is 10.1. The Labute approximate surface area is 157 Å². The third-order valence-corrected chi connectivity index (χ3v) is 5.15. The largest absolute Gasteiger partial charge is 0.493 e. The Morgan fingerprint density at radius 2 is 2.04 bits per heavy atom. The molecule has 0 saturated carbocycles. The number of hydrogen-bond donors (Lipinski definition) is 1. The lowest BCUT2D eigenvalue weighted by molar-refractivity contribution is 0.0945. The molecule has 5 nitrogen and oxygen atoms in total. The minimum atomic E-state index is -0.0341. The zero-order chi connectivity index (χ0) is 18.5. The Morgan fingerprint density at radius 3 is 2.77 bits per heavy atom. The van der Waals surface area contributed by atoms with Gasteiger partial charge in [-0.2, -0.15) is 0 Å². The number of fused-ring (bicyclic) bond motifs is 1. The monoisotopic (exact) mass is 372 g/mol. The van der Waals surface area contributed by atoms with E-state index < -0.39 is 0 Å². The minimum absolute atomic E-state index is 0.0341. The molecular weight excluding hydrogens is 348 g/mol. The third kappa shape index (κ3) is 3.70. The Morgan fingerprint density at radius 1 is 1.19 bits per heavy atom. The number of aromatic nitrogens is 1. The van der Waals surface area contributed by atoms with Crippen LogP contribution >= 0.6 is 11.3 Å². The van der Waals surface area contributed by atoms with Gasteiger partial charge in [-0.15, -0.1) is 11.3 Å². The first-order valence-corrected chi connectivity index (χ1v) is 9.70. The molecule has 0 saturated heterocycles. The smallest absolute Gasteiger partial charge is 0.267 e. The summed E-state index contributed by atoms with van der Waals surface area (Å²) >= 11 is 1.66. The summed E-state index contributed by atoms with van der Waals surface area (Å²) in [6, 6.07) is 9.91. The van der Waals surface area contributed by atoms with Crippen molar-refractivity contribution in [3.05, 3.63) is 47.0 Å². The van der Waals surface area contributed by atoms with Crippen molar-refractivity contribution in [1.29, 1.82) is 0 Å². The van der Waals surface area contributed by atoms with Crippen molar-refractivity contribution in [2.45, 2.75) is 26.8 Å². The van der Waals surface area contributed by atoms with Crippen LogP contribution in [-0.4, -0.2) is 30.7 Å². The maximum absolute atomic E-state index is 12.6. The van der Waals surface area contributed by atoms with Crippen LogP contribution in [0.25, 0.3) is 10.2 Å². The highest BCUT2D eigenvalue weighted by molar-refractivity contribution is 7.17. The number of carbonyl (C=O) groups excluding carboxylic acids is 1. The predicted molar refractivity (Wildman–Crippen MR) is 106 cm³/mol. The summed E-state index contributed by atoms with van der Waals surface area (Å²) in [5, 5.41) is 5.08. The summed E-state index contributed by atoms with van der Waals surface area (Å²) in [6.07, 6.45) is 0.732. The number of aryl methyl sites for hydroxylation is 1. The Balaban J connectivity index is 1.63. The van der Waals surface area contributed by atoms with E-state index in [9.17, 15) is 4.79 Å². The second-order valence-electron chi connectivity index (χ2n) is 5.87. The van der Waals surface area contributed by atoms with Crippen molar-refractivity contribution < 1.29 is 14.3 Å². The number of rotatable bonds is 8. The highest BCUT2D eigenvalue weighted by Crippen LogP contribution is 2.28. The van der Waals surface area contributed by atoms with E-state index in [2.05, 4.69) is 28.3 Å². The van der Waals surface area contributed by atoms with E-state index >= 15 is 0 Å². The van der Waals surface area contributed by atoms with Gasteiger partial charge in [-0.25, -0.2) is 0 Å². The fourth-order valence-electron chi connectivity index (χ4n) is 3.06. The summed E-state index contributed by atoms with van der Waals surface area (Å²) in [5.74, 6) is 1.42. The van der Waals surface area contributed by atoms with Gasteiger partial charge >= 0.3 is 0 Å². The number of nitrogens with one attached hydrogen (secondary N) is 1. The summed E-state index contributed by atoms with van der Waals surface area (Å²) < 4.78 is 14.1. The van der Waals surface area contributed by atoms with Crippen LogP contribution in [0.5, 0.6) is 11.5 Å². The molecule has 138 valence electrons. The van der Waals surface area contributed by atoms with Gasteiger partial charge < -0.3 is 19.4 Å². The fraction of sp³-hybridized carbons (Fsp3) is 0.350. The first-order valence-electron chi connectivity index (χ1n) is 8.82. The molecule has 1 aromatic carbocycles. The molecule has 0 unspecified atom stereocenters. The van der Waals surface area contributed by atoms with Gasteiger partial charge in [0.05, 0.1) is 23.9 Å². The van der Waals surface area contributed by atoms with Gasteiger partial charge in [0.15, 0.2) is 11.5 Å². The van der Waals surface area contributed by atoms with E-state index in [0.29, 0.717) is 13.2 Å². The van der Waals surface area contributed by atoms with Crippen LogP contribution in [0.1, 0.15) is 29.9 Å². The number of ether oxygens (including phenoxy) is 2. The zero-order valence-corrected chi connectivity index (χ0v) is 16.2. The molecule has 0 atom stereocenters. The zero-order valence-electron chi connectivity index (χ0n) is 15.4. The average Bonchev–Trinajstić information content (AvgIpc) is 3.23. The molecule has 0 aliphatic heterocycles. The molecule has 0 radical (unpaired) electrons. The van der Waals surface area contributed by atoms with Gasteiger partial charge in [0.2, 0.25) is 0 Å². The molecule has 6 heteroatoms. The lowest BCUT2D eigenvalue weighted by Crippen LogP contribution is -2.27. The SMILES string of the molecule is CCOc1ccc(CCNC(=O)c2cc3sccc3n2CC)cc1OC. The van der Waals surface area contributed by atoms with Crippen molar-refractivity contribution in [3.63, 3.8) is 0 Å². The first kappa shape index (κ1) is 18.3. The Hall–Kier alpha value is -2.47. The normalized spacial score (nSPS) is 10.9. The molecule has 0 spiro atoms. The molecule has 3 rings (SSSR count). The van der Waals surface area contributed by atoms with E-state index in [1.807, 2.05) is 31.2 Å². The molecule has 1 N–H and O–H groups in total. The highest BCUT2D eigenvalue weighted by atomic mass is 32.1. The number of benzene rings is 1. The van der Waals surface area contributed by atoms with Crippen LogP contribution < -0.4 is 14.8 Å². The minimum Gasteiger partial charge on any atom is -0.493 e. The summed E-state index contributed by atoms with van der Waals surface area (Å²) in [7, 11) is 1.63. The van der Waals surface area contributed by atoms with E-state index in [1.165, 1.54) is 0 Å². The first-order chi connectivity index (χ1) is 12.7. The van der Waals surface area contributed by atoms with Gasteiger partial charge in [-0.3, -0.25) is 4.79 Å². The number of nitrogens with zero attached hydrogens (tertiary/aromatic N) is 1. The van der Waals surface area contributed by atoms with Gasteiger partial charge in [0.1, 0.15) is 5.69 Å². The van der Waals surface area contributed by atoms with Crippen molar-refractivity contribution in [2.75, 3.05) is 20.3 Å². The van der Waals surface area contributed by atoms with Crippen molar-refractivity contribution in [2.24, 2.45) is 0 Å². The van der Waals surface area contributed by atoms with Crippen molar-refractivity contribution in [1.82, 2.24) is 9.88 Å². The number of thiophene rings is 1. The molecule has 26 heavy (non-hydrogen) atoms. The average molecular weight is 372 g/mol. The van der Waals surface area contributed by atoms with E-state index in [-0.39, 0.29) is 5.91 Å². The fourth-order valence-corrected chi connectivity index (χ4v) is 3.88. The molecule has 3 aromatic rings. The third-order valence-electron chi connectivity index (χ3n) is 4.30. The molecule has 0 bridgehead atoms. The van der Waals surface area contributed by atoms with Gasteiger partial charge in [-0.05, 0) is 55.5 Å². The molecule has 1 amide bonds. The van der Waals surface area contributed by atoms with E-state index in [4.69, 9.17) is 9.47 Å². The van der Waals surface area contributed by atoms with E-state index in [1.54, 1.807) is 18.4 Å². The second kappa shape index (κ2) is 8.27. The van der Waals surface area contributed by atoms with Crippen LogP contribution in [0.2, 0.25) is 0 Å². The van der Waals surface area contributed by atoms with Gasteiger partial charge in [0.25, 0.3) is 5.91 Å². The van der Waals surface area contributed by atoms with Crippen LogP contribution in [-0.2, 0) is 13.0 Å². The predicted octanol–water partition coefficient (Wildman–Crippen LogP) is 4.10. The molecule has 2 aromatic heterocycles. The lowest BCUT2D eigenvalue weighted by Gasteiger charge is -2.12. The topological polar surface area (TPSA) is 52.5 Å². The highest BCUT2D eigenvalue weighted by Gasteiger charge is 2.15. The molecular formula is C20H24N2O3S.